The van der Waals surface area contributed by atoms with Crippen molar-refractivity contribution >= 4 is 22.5 Å². The molecular weight excluding hydrogens is 250 g/mol. The highest BCUT2D eigenvalue weighted by Gasteiger charge is 2.02. The second kappa shape index (κ2) is 5.09. The van der Waals surface area contributed by atoms with E-state index < -0.39 is 5.91 Å². The SMILES string of the molecule is NC(=O)c1cccc(CNc2ccc3[nH]ccc3c2)c1. The maximum atomic E-state index is 11.1. The Morgan fingerprint density at radius 1 is 1.15 bits per heavy atom. The van der Waals surface area contributed by atoms with E-state index in [9.17, 15) is 4.79 Å². The zero-order valence-corrected chi connectivity index (χ0v) is 10.9. The molecule has 0 saturated heterocycles. The average molecular weight is 265 g/mol. The first-order valence-corrected chi connectivity index (χ1v) is 6.42. The molecule has 0 atom stereocenters. The highest BCUT2D eigenvalue weighted by atomic mass is 16.1. The zero-order valence-electron chi connectivity index (χ0n) is 10.9. The molecule has 0 unspecified atom stereocenters. The minimum absolute atomic E-state index is 0.402. The standard InChI is InChI=1S/C16H15N3O/c17-16(20)13-3-1-2-11(8-13)10-19-14-4-5-15-12(9-14)6-7-18-15/h1-9,18-19H,10H2,(H2,17,20). The summed E-state index contributed by atoms with van der Waals surface area (Å²) in [5, 5.41) is 4.51. The van der Waals surface area contributed by atoms with Gasteiger partial charge in [-0.15, -0.1) is 0 Å². The summed E-state index contributed by atoms with van der Waals surface area (Å²) in [4.78, 5) is 14.3. The van der Waals surface area contributed by atoms with Gasteiger partial charge in [-0.1, -0.05) is 12.1 Å². The monoisotopic (exact) mass is 265 g/mol. The molecule has 1 amide bonds. The van der Waals surface area contributed by atoms with Crippen molar-refractivity contribution in [2.45, 2.75) is 6.54 Å². The van der Waals surface area contributed by atoms with Crippen molar-refractivity contribution in [2.24, 2.45) is 5.73 Å². The Morgan fingerprint density at radius 3 is 2.90 bits per heavy atom. The molecule has 3 rings (SSSR count). The number of H-pyrrole nitrogens is 1. The molecule has 0 aliphatic carbocycles. The van der Waals surface area contributed by atoms with E-state index >= 15 is 0 Å². The summed E-state index contributed by atoms with van der Waals surface area (Å²) in [6.45, 7) is 0.650. The molecule has 0 fully saturated rings. The first-order valence-electron chi connectivity index (χ1n) is 6.42. The van der Waals surface area contributed by atoms with E-state index in [1.54, 1.807) is 6.07 Å². The number of aromatic nitrogens is 1. The van der Waals surface area contributed by atoms with E-state index in [0.717, 1.165) is 16.8 Å². The molecular formula is C16H15N3O. The number of hydrogen-bond donors (Lipinski definition) is 3. The fourth-order valence-corrected chi connectivity index (χ4v) is 2.20. The summed E-state index contributed by atoms with van der Waals surface area (Å²) in [6, 6.07) is 15.5. The van der Waals surface area contributed by atoms with Crippen molar-refractivity contribution < 1.29 is 4.79 Å². The lowest BCUT2D eigenvalue weighted by Gasteiger charge is -2.07. The van der Waals surface area contributed by atoms with Crippen molar-refractivity contribution in [2.75, 3.05) is 5.32 Å². The number of benzene rings is 2. The van der Waals surface area contributed by atoms with Crippen molar-refractivity contribution in [1.29, 1.82) is 0 Å². The maximum absolute atomic E-state index is 11.1. The van der Waals surface area contributed by atoms with Crippen LogP contribution in [0.25, 0.3) is 10.9 Å². The third-order valence-corrected chi connectivity index (χ3v) is 3.26. The van der Waals surface area contributed by atoms with Crippen LogP contribution in [0.5, 0.6) is 0 Å². The van der Waals surface area contributed by atoms with Crippen molar-refractivity contribution in [1.82, 2.24) is 4.98 Å². The summed E-state index contributed by atoms with van der Waals surface area (Å²) in [6.07, 6.45) is 1.92. The lowest BCUT2D eigenvalue weighted by atomic mass is 10.1. The first kappa shape index (κ1) is 12.3. The van der Waals surface area contributed by atoms with Gasteiger partial charge in [-0.3, -0.25) is 4.79 Å². The molecule has 2 aromatic carbocycles. The van der Waals surface area contributed by atoms with Gasteiger partial charge in [-0.05, 0) is 42.0 Å². The molecule has 1 heterocycles. The molecule has 1 aromatic heterocycles. The number of anilines is 1. The summed E-state index contributed by atoms with van der Waals surface area (Å²) < 4.78 is 0. The number of primary amides is 1. The second-order valence-corrected chi connectivity index (χ2v) is 4.70. The molecule has 0 aliphatic heterocycles. The van der Waals surface area contributed by atoms with Crippen LogP contribution in [0.3, 0.4) is 0 Å². The van der Waals surface area contributed by atoms with Gasteiger partial charge in [0, 0.05) is 34.9 Å². The van der Waals surface area contributed by atoms with Crippen molar-refractivity contribution in [3.63, 3.8) is 0 Å². The van der Waals surface area contributed by atoms with Gasteiger partial charge in [-0.2, -0.15) is 0 Å². The number of carbonyl (C=O) groups is 1. The minimum atomic E-state index is -0.402. The Hall–Kier alpha value is -2.75. The number of hydrogen-bond acceptors (Lipinski definition) is 2. The summed E-state index contributed by atoms with van der Waals surface area (Å²) in [5.74, 6) is -0.402. The fourth-order valence-electron chi connectivity index (χ4n) is 2.20. The van der Waals surface area contributed by atoms with Crippen LogP contribution in [0.2, 0.25) is 0 Å². The van der Waals surface area contributed by atoms with Crippen LogP contribution in [-0.4, -0.2) is 10.9 Å². The molecule has 0 radical (unpaired) electrons. The Kier molecular flexibility index (Phi) is 3.13. The number of amides is 1. The summed E-state index contributed by atoms with van der Waals surface area (Å²) in [5.41, 5.74) is 8.99. The van der Waals surface area contributed by atoms with Crippen molar-refractivity contribution in [3.05, 3.63) is 65.9 Å². The van der Waals surface area contributed by atoms with Gasteiger partial charge < -0.3 is 16.0 Å². The van der Waals surface area contributed by atoms with Gasteiger partial charge in [0.1, 0.15) is 0 Å². The van der Waals surface area contributed by atoms with Crippen LogP contribution < -0.4 is 11.1 Å². The Bertz CT molecular complexity index is 761. The quantitative estimate of drug-likeness (QED) is 0.678. The topological polar surface area (TPSA) is 70.9 Å². The van der Waals surface area contributed by atoms with Gasteiger partial charge in [0.2, 0.25) is 5.91 Å². The van der Waals surface area contributed by atoms with Gasteiger partial charge in [0.25, 0.3) is 0 Å². The molecule has 0 bridgehead atoms. The maximum Gasteiger partial charge on any atom is 0.248 e. The van der Waals surface area contributed by atoms with Crippen LogP contribution in [0.4, 0.5) is 5.69 Å². The molecule has 0 spiro atoms. The predicted molar refractivity (Wildman–Crippen MR) is 80.6 cm³/mol. The van der Waals surface area contributed by atoms with Gasteiger partial charge in [0.15, 0.2) is 0 Å². The number of nitrogens with one attached hydrogen (secondary N) is 2. The molecule has 100 valence electrons. The van der Waals surface area contributed by atoms with E-state index in [1.165, 1.54) is 5.39 Å². The lowest BCUT2D eigenvalue weighted by molar-refractivity contribution is 0.1000. The number of carbonyl (C=O) groups excluding carboxylic acids is 1. The number of nitrogens with two attached hydrogens (primary N) is 1. The number of fused-ring (bicyclic) bond motifs is 1. The third-order valence-electron chi connectivity index (χ3n) is 3.26. The van der Waals surface area contributed by atoms with Crippen LogP contribution in [0.1, 0.15) is 15.9 Å². The van der Waals surface area contributed by atoms with Crippen LogP contribution in [-0.2, 0) is 6.54 Å². The van der Waals surface area contributed by atoms with E-state index in [-0.39, 0.29) is 0 Å². The summed E-state index contributed by atoms with van der Waals surface area (Å²) in [7, 11) is 0. The smallest absolute Gasteiger partial charge is 0.248 e. The highest BCUT2D eigenvalue weighted by molar-refractivity contribution is 5.92. The third kappa shape index (κ3) is 2.49. The Balaban J connectivity index is 1.75. The van der Waals surface area contributed by atoms with Crippen molar-refractivity contribution in [3.8, 4) is 0 Å². The summed E-state index contributed by atoms with van der Waals surface area (Å²) >= 11 is 0. The second-order valence-electron chi connectivity index (χ2n) is 4.70. The molecule has 4 N–H and O–H groups in total. The lowest BCUT2D eigenvalue weighted by Crippen LogP contribution is -2.11. The fraction of sp³-hybridized carbons (Fsp3) is 0.0625. The molecule has 4 heteroatoms. The average Bonchev–Trinajstić information content (AvgIpc) is 2.93. The van der Waals surface area contributed by atoms with E-state index in [2.05, 4.69) is 16.4 Å². The van der Waals surface area contributed by atoms with E-state index in [1.807, 2.05) is 42.6 Å². The molecule has 0 aliphatic rings. The first-order chi connectivity index (χ1) is 9.72. The number of rotatable bonds is 4. The van der Waals surface area contributed by atoms with Gasteiger partial charge >= 0.3 is 0 Å². The van der Waals surface area contributed by atoms with Gasteiger partial charge in [-0.25, -0.2) is 0 Å². The Labute approximate surface area is 116 Å². The predicted octanol–water partition coefficient (Wildman–Crippen LogP) is 2.88. The molecule has 4 nitrogen and oxygen atoms in total. The minimum Gasteiger partial charge on any atom is -0.381 e. The normalized spacial score (nSPS) is 10.6. The Morgan fingerprint density at radius 2 is 2.05 bits per heavy atom. The van der Waals surface area contributed by atoms with Crippen LogP contribution in [0, 0.1) is 0 Å². The largest absolute Gasteiger partial charge is 0.381 e. The van der Waals surface area contributed by atoms with E-state index in [4.69, 9.17) is 5.73 Å². The van der Waals surface area contributed by atoms with Crippen LogP contribution >= 0.6 is 0 Å². The number of aromatic amines is 1. The van der Waals surface area contributed by atoms with E-state index in [0.29, 0.717) is 12.1 Å². The molecule has 20 heavy (non-hydrogen) atoms. The molecule has 3 aromatic rings. The molecule has 0 saturated carbocycles. The van der Waals surface area contributed by atoms with Gasteiger partial charge in [0.05, 0.1) is 0 Å². The zero-order chi connectivity index (χ0) is 13.9. The van der Waals surface area contributed by atoms with Crippen LogP contribution in [0.15, 0.2) is 54.7 Å². The highest BCUT2D eigenvalue weighted by Crippen LogP contribution is 2.18.